The van der Waals surface area contributed by atoms with Crippen molar-refractivity contribution in [1.29, 1.82) is 0 Å². The maximum absolute atomic E-state index is 13.3. The van der Waals surface area contributed by atoms with Crippen LogP contribution in [0.4, 0.5) is 4.39 Å². The van der Waals surface area contributed by atoms with Gasteiger partial charge in [0, 0.05) is 25.2 Å². The van der Waals surface area contributed by atoms with Gasteiger partial charge in [0.2, 0.25) is 5.43 Å². The summed E-state index contributed by atoms with van der Waals surface area (Å²) in [6, 6.07) is 4.25. The molecule has 2 aromatic rings. The van der Waals surface area contributed by atoms with Gasteiger partial charge in [0.05, 0.1) is 23.9 Å². The highest BCUT2D eigenvalue weighted by atomic mass is 35.5. The van der Waals surface area contributed by atoms with Crippen molar-refractivity contribution in [2.75, 3.05) is 13.2 Å². The van der Waals surface area contributed by atoms with Crippen LogP contribution >= 0.6 is 11.6 Å². The first-order valence-corrected chi connectivity index (χ1v) is 8.81. The number of hydrogen-bond acceptors (Lipinski definition) is 4. The molecule has 1 aromatic carbocycles. The summed E-state index contributed by atoms with van der Waals surface area (Å²) in [7, 11) is 0. The summed E-state index contributed by atoms with van der Waals surface area (Å²) in [5.74, 6) is -1.56. The van der Waals surface area contributed by atoms with E-state index in [1.807, 2.05) is 0 Å². The molecule has 0 saturated carbocycles. The first kappa shape index (κ1) is 17.8. The van der Waals surface area contributed by atoms with Gasteiger partial charge in [-0.25, -0.2) is 4.39 Å². The van der Waals surface area contributed by atoms with E-state index in [0.29, 0.717) is 36.5 Å². The molecule has 0 radical (unpaired) electrons. The molecule has 27 heavy (non-hydrogen) atoms. The van der Waals surface area contributed by atoms with Gasteiger partial charge in [-0.3, -0.25) is 9.59 Å². The van der Waals surface area contributed by atoms with E-state index < -0.39 is 22.9 Å². The van der Waals surface area contributed by atoms with Crippen LogP contribution in [0, 0.1) is 5.82 Å². The molecule has 2 aliphatic heterocycles. The summed E-state index contributed by atoms with van der Waals surface area (Å²) in [6.07, 6.45) is 3.32. The van der Waals surface area contributed by atoms with Crippen LogP contribution in [0.1, 0.15) is 27.3 Å². The molecule has 1 aromatic heterocycles. The Hall–Kier alpha value is -2.64. The number of carbonyl (C=O) groups is 1. The summed E-state index contributed by atoms with van der Waals surface area (Å²) in [5.41, 5.74) is 0.959. The number of benzene rings is 1. The first-order valence-electron chi connectivity index (χ1n) is 8.43. The third-order valence-corrected chi connectivity index (χ3v) is 5.06. The van der Waals surface area contributed by atoms with Crippen LogP contribution in [0.25, 0.3) is 6.08 Å². The molecular formula is C19H16ClFN2O4. The van der Waals surface area contributed by atoms with Gasteiger partial charge in [-0.05, 0) is 17.7 Å². The van der Waals surface area contributed by atoms with Crippen molar-refractivity contribution in [3.05, 3.63) is 67.9 Å². The third-order valence-electron chi connectivity index (χ3n) is 4.77. The Kier molecular flexibility index (Phi) is 4.49. The summed E-state index contributed by atoms with van der Waals surface area (Å²) >= 11 is 5.81. The molecule has 3 heterocycles. The summed E-state index contributed by atoms with van der Waals surface area (Å²) in [5, 5.41) is 10.4. The van der Waals surface area contributed by atoms with Crippen molar-refractivity contribution in [2.24, 2.45) is 0 Å². The number of ether oxygens (including phenoxy) is 1. The van der Waals surface area contributed by atoms with Crippen molar-refractivity contribution >= 4 is 23.6 Å². The Morgan fingerprint density at radius 1 is 1.26 bits per heavy atom. The van der Waals surface area contributed by atoms with E-state index in [1.165, 1.54) is 17.0 Å². The van der Waals surface area contributed by atoms with Crippen LogP contribution in [0.3, 0.4) is 0 Å². The maximum Gasteiger partial charge on any atom is 0.274 e. The fraction of sp³-hybridized carbons (Fsp3) is 0.263. The Balaban J connectivity index is 1.73. The maximum atomic E-state index is 13.3. The second kappa shape index (κ2) is 6.83. The van der Waals surface area contributed by atoms with Crippen LogP contribution in [-0.4, -0.2) is 33.6 Å². The first-order chi connectivity index (χ1) is 13.0. The smallest absolute Gasteiger partial charge is 0.274 e. The molecule has 0 unspecified atom stereocenters. The van der Waals surface area contributed by atoms with Gasteiger partial charge in [0.1, 0.15) is 5.82 Å². The summed E-state index contributed by atoms with van der Waals surface area (Å²) < 4.78 is 20.5. The zero-order valence-electron chi connectivity index (χ0n) is 14.2. The predicted octanol–water partition coefficient (Wildman–Crippen LogP) is 2.55. The quantitative estimate of drug-likeness (QED) is 0.855. The van der Waals surface area contributed by atoms with Crippen molar-refractivity contribution < 1.29 is 19.0 Å². The second-order valence-corrected chi connectivity index (χ2v) is 6.84. The topological polar surface area (TPSA) is 71.8 Å². The Morgan fingerprint density at radius 2 is 2.07 bits per heavy atom. The van der Waals surface area contributed by atoms with Crippen molar-refractivity contribution in [1.82, 2.24) is 9.47 Å². The lowest BCUT2D eigenvalue weighted by Crippen LogP contribution is -2.42. The second-order valence-electron chi connectivity index (χ2n) is 6.43. The fourth-order valence-electron chi connectivity index (χ4n) is 3.44. The van der Waals surface area contributed by atoms with Gasteiger partial charge >= 0.3 is 0 Å². The lowest BCUT2D eigenvalue weighted by Gasteiger charge is -2.32. The molecule has 0 saturated heterocycles. The van der Waals surface area contributed by atoms with Crippen LogP contribution in [0.5, 0.6) is 5.75 Å². The number of halogens is 2. The monoisotopic (exact) mass is 390 g/mol. The van der Waals surface area contributed by atoms with Gasteiger partial charge in [0.15, 0.2) is 11.4 Å². The molecule has 1 N–H and O–H groups in total. The molecule has 1 amide bonds. The van der Waals surface area contributed by atoms with E-state index in [1.54, 1.807) is 22.8 Å². The largest absolute Gasteiger partial charge is 0.503 e. The Bertz CT molecular complexity index is 1030. The minimum absolute atomic E-state index is 0.0225. The normalized spacial score (nSPS) is 16.1. The molecule has 0 bridgehead atoms. The number of hydrogen-bond donors (Lipinski definition) is 1. The van der Waals surface area contributed by atoms with E-state index in [-0.39, 0.29) is 23.9 Å². The highest BCUT2D eigenvalue weighted by Gasteiger charge is 2.32. The van der Waals surface area contributed by atoms with E-state index >= 15 is 0 Å². The molecule has 8 heteroatoms. The molecule has 0 atom stereocenters. The molecule has 0 spiro atoms. The van der Waals surface area contributed by atoms with Crippen LogP contribution in [0.15, 0.2) is 29.1 Å². The molecule has 2 aliphatic rings. The molecule has 140 valence electrons. The van der Waals surface area contributed by atoms with Crippen molar-refractivity contribution in [3.8, 4) is 5.75 Å². The molecule has 6 nitrogen and oxygen atoms in total. The van der Waals surface area contributed by atoms with Crippen molar-refractivity contribution in [3.63, 3.8) is 0 Å². The van der Waals surface area contributed by atoms with E-state index in [2.05, 4.69) is 0 Å². The zero-order valence-corrected chi connectivity index (χ0v) is 15.0. The minimum atomic E-state index is -0.585. The summed E-state index contributed by atoms with van der Waals surface area (Å²) in [4.78, 5) is 27.0. The average molecular weight is 391 g/mol. The number of fused-ring (bicyclic) bond motifs is 3. The van der Waals surface area contributed by atoms with Gasteiger partial charge in [0.25, 0.3) is 5.91 Å². The molecule has 4 rings (SSSR count). The van der Waals surface area contributed by atoms with Gasteiger partial charge in [-0.2, -0.15) is 0 Å². The van der Waals surface area contributed by atoms with E-state index in [9.17, 15) is 19.1 Å². The standard InChI is InChI=1S/C19H16ClFN2O4/c20-13-8-11(3-4-14(13)21)9-22-5-6-23-15-10-27-7-1-2-12(15)17(24)18(25)16(23)19(22)26/h1-4,8,25H,5-7,9-10H2. The number of amides is 1. The lowest BCUT2D eigenvalue weighted by atomic mass is 10.1. The lowest BCUT2D eigenvalue weighted by molar-refractivity contribution is 0.0673. The Morgan fingerprint density at radius 3 is 2.85 bits per heavy atom. The Labute approximate surface area is 159 Å². The number of aromatic nitrogens is 1. The van der Waals surface area contributed by atoms with Gasteiger partial charge in [-0.15, -0.1) is 0 Å². The van der Waals surface area contributed by atoms with Crippen LogP contribution in [0.2, 0.25) is 5.02 Å². The number of aromatic hydroxyl groups is 1. The fourth-order valence-corrected chi connectivity index (χ4v) is 3.64. The average Bonchev–Trinajstić information content (AvgIpc) is 2.90. The van der Waals surface area contributed by atoms with Gasteiger partial charge < -0.3 is 19.3 Å². The number of carbonyl (C=O) groups excluding carboxylic acids is 1. The third kappa shape index (κ3) is 3.02. The van der Waals surface area contributed by atoms with E-state index in [4.69, 9.17) is 16.3 Å². The molecule has 0 aliphatic carbocycles. The van der Waals surface area contributed by atoms with Crippen LogP contribution in [-0.2, 0) is 24.4 Å². The summed E-state index contributed by atoms with van der Waals surface area (Å²) in [6.45, 7) is 1.52. The van der Waals surface area contributed by atoms with Crippen molar-refractivity contribution in [2.45, 2.75) is 19.7 Å². The highest BCUT2D eigenvalue weighted by Crippen LogP contribution is 2.27. The number of pyridine rings is 1. The predicted molar refractivity (Wildman–Crippen MR) is 97.2 cm³/mol. The number of nitrogens with zero attached hydrogens (tertiary/aromatic N) is 2. The van der Waals surface area contributed by atoms with E-state index in [0.717, 1.165) is 0 Å². The van der Waals surface area contributed by atoms with Gasteiger partial charge in [-0.1, -0.05) is 29.8 Å². The minimum Gasteiger partial charge on any atom is -0.503 e. The van der Waals surface area contributed by atoms with Crippen LogP contribution < -0.4 is 5.43 Å². The highest BCUT2D eigenvalue weighted by molar-refractivity contribution is 6.30. The SMILES string of the molecule is O=C1c2c(O)c(=O)c3c(n2CCN1Cc1ccc(F)c(Cl)c1)COCC=C3. The molecular weight excluding hydrogens is 375 g/mol. The zero-order chi connectivity index (χ0) is 19.1. The number of rotatable bonds is 2. The molecule has 0 fully saturated rings.